The second kappa shape index (κ2) is 5.75. The van der Waals surface area contributed by atoms with E-state index in [1.54, 1.807) is 0 Å². The van der Waals surface area contributed by atoms with E-state index in [9.17, 15) is 0 Å². The van der Waals surface area contributed by atoms with Crippen molar-refractivity contribution in [3.05, 3.63) is 16.5 Å². The van der Waals surface area contributed by atoms with Crippen molar-refractivity contribution in [1.29, 1.82) is 0 Å². The highest BCUT2D eigenvalue weighted by Crippen LogP contribution is 2.39. The summed E-state index contributed by atoms with van der Waals surface area (Å²) in [6.45, 7) is 4.01. The molecule has 1 saturated carbocycles. The van der Waals surface area contributed by atoms with E-state index < -0.39 is 0 Å². The Morgan fingerprint density at radius 2 is 2.00 bits per heavy atom. The van der Waals surface area contributed by atoms with Crippen LogP contribution in [0.2, 0.25) is 0 Å². The van der Waals surface area contributed by atoms with E-state index in [2.05, 4.69) is 38.1 Å². The molecule has 1 saturated heterocycles. The van der Waals surface area contributed by atoms with Gasteiger partial charge in [0.25, 0.3) is 0 Å². The molecule has 5 heteroatoms. The predicted octanol–water partition coefficient (Wildman–Crippen LogP) is 3.34. The average Bonchev–Trinajstić information content (AvgIpc) is 3.23. The van der Waals surface area contributed by atoms with Crippen LogP contribution in [0.5, 0.6) is 0 Å². The topological polar surface area (TPSA) is 47.0 Å². The molecule has 104 valence electrons. The molecule has 0 radical (unpaired) electrons. The van der Waals surface area contributed by atoms with E-state index in [4.69, 9.17) is 4.74 Å². The van der Waals surface area contributed by atoms with Crippen molar-refractivity contribution in [2.24, 2.45) is 5.92 Å². The zero-order chi connectivity index (χ0) is 13.2. The normalized spacial score (nSPS) is 22.2. The highest BCUT2D eigenvalue weighted by Gasteiger charge is 2.27. The van der Waals surface area contributed by atoms with Gasteiger partial charge in [-0.2, -0.15) is 0 Å². The summed E-state index contributed by atoms with van der Waals surface area (Å²) >= 11 is 3.48. The summed E-state index contributed by atoms with van der Waals surface area (Å²) in [4.78, 5) is 9.11. The maximum absolute atomic E-state index is 5.42. The molecule has 2 aliphatic rings. The lowest BCUT2D eigenvalue weighted by molar-refractivity contribution is 0.0622. The van der Waals surface area contributed by atoms with E-state index in [0.717, 1.165) is 42.3 Å². The zero-order valence-electron chi connectivity index (χ0n) is 11.2. The molecule has 1 N–H and O–H groups in total. The number of nitrogens with one attached hydrogen (secondary N) is 1. The lowest BCUT2D eigenvalue weighted by Gasteiger charge is -2.28. The highest BCUT2D eigenvalue weighted by molar-refractivity contribution is 9.10. The van der Waals surface area contributed by atoms with Crippen LogP contribution in [-0.2, 0) is 4.74 Å². The van der Waals surface area contributed by atoms with Crippen molar-refractivity contribution in [2.45, 2.75) is 44.6 Å². The fourth-order valence-corrected chi connectivity index (χ4v) is 3.00. The Morgan fingerprint density at radius 3 is 2.68 bits per heavy atom. The molecular weight excluding hydrogens is 306 g/mol. The molecule has 19 heavy (non-hydrogen) atoms. The summed E-state index contributed by atoms with van der Waals surface area (Å²) in [6.07, 6.45) is 4.72. The quantitative estimate of drug-likeness (QED) is 0.862. The SMILES string of the molecule is CC(Nc1cc(Br)nc(C2CC2)n1)C1CCOCC1. The minimum Gasteiger partial charge on any atom is -0.381 e. The van der Waals surface area contributed by atoms with Gasteiger partial charge in [-0.1, -0.05) is 0 Å². The Kier molecular flexibility index (Phi) is 4.03. The van der Waals surface area contributed by atoms with Crippen molar-refractivity contribution >= 4 is 21.7 Å². The molecule has 1 aromatic heterocycles. The van der Waals surface area contributed by atoms with Gasteiger partial charge in [0.2, 0.25) is 0 Å². The molecule has 1 aromatic rings. The average molecular weight is 326 g/mol. The third kappa shape index (κ3) is 3.45. The van der Waals surface area contributed by atoms with Gasteiger partial charge in [0.15, 0.2) is 0 Å². The Labute approximate surface area is 122 Å². The first-order chi connectivity index (χ1) is 9.22. The predicted molar refractivity (Wildman–Crippen MR) is 78.3 cm³/mol. The van der Waals surface area contributed by atoms with Crippen LogP contribution >= 0.6 is 15.9 Å². The van der Waals surface area contributed by atoms with Crippen molar-refractivity contribution in [3.8, 4) is 0 Å². The van der Waals surface area contributed by atoms with Crippen LogP contribution in [0.3, 0.4) is 0 Å². The summed E-state index contributed by atoms with van der Waals surface area (Å²) in [5.74, 6) is 3.18. The molecule has 0 bridgehead atoms. The number of hydrogen-bond acceptors (Lipinski definition) is 4. The van der Waals surface area contributed by atoms with Crippen LogP contribution in [0, 0.1) is 5.92 Å². The highest BCUT2D eigenvalue weighted by atomic mass is 79.9. The van der Waals surface area contributed by atoms with Crippen LogP contribution in [0.25, 0.3) is 0 Å². The van der Waals surface area contributed by atoms with Gasteiger partial charge < -0.3 is 10.1 Å². The van der Waals surface area contributed by atoms with Gasteiger partial charge >= 0.3 is 0 Å². The summed E-state index contributed by atoms with van der Waals surface area (Å²) in [7, 11) is 0. The molecule has 1 aliphatic heterocycles. The fraction of sp³-hybridized carbons (Fsp3) is 0.714. The first-order valence-electron chi connectivity index (χ1n) is 7.11. The maximum Gasteiger partial charge on any atom is 0.135 e. The molecule has 1 unspecified atom stereocenters. The molecule has 0 amide bonds. The number of nitrogens with zero attached hydrogens (tertiary/aromatic N) is 2. The van der Waals surface area contributed by atoms with Crippen molar-refractivity contribution in [3.63, 3.8) is 0 Å². The number of aromatic nitrogens is 2. The van der Waals surface area contributed by atoms with E-state index in [1.165, 1.54) is 12.8 Å². The molecule has 4 nitrogen and oxygen atoms in total. The van der Waals surface area contributed by atoms with E-state index in [0.29, 0.717) is 17.9 Å². The Morgan fingerprint density at radius 1 is 1.26 bits per heavy atom. The Bertz CT molecular complexity index is 444. The van der Waals surface area contributed by atoms with Gasteiger partial charge in [-0.3, -0.25) is 0 Å². The molecule has 0 aromatic carbocycles. The fourth-order valence-electron chi connectivity index (χ4n) is 2.60. The minimum absolute atomic E-state index is 0.428. The van der Waals surface area contributed by atoms with Crippen molar-refractivity contribution in [2.75, 3.05) is 18.5 Å². The van der Waals surface area contributed by atoms with Gasteiger partial charge in [-0.15, -0.1) is 0 Å². The van der Waals surface area contributed by atoms with Crippen molar-refractivity contribution in [1.82, 2.24) is 9.97 Å². The Hall–Kier alpha value is -0.680. The second-order valence-corrected chi connectivity index (χ2v) is 6.40. The summed E-state index contributed by atoms with van der Waals surface area (Å²) < 4.78 is 6.30. The smallest absolute Gasteiger partial charge is 0.135 e. The van der Waals surface area contributed by atoms with Gasteiger partial charge in [0, 0.05) is 31.2 Å². The molecular formula is C14H20BrN3O. The molecule has 0 spiro atoms. The third-order valence-electron chi connectivity index (χ3n) is 4.00. The third-order valence-corrected chi connectivity index (χ3v) is 4.41. The number of hydrogen-bond donors (Lipinski definition) is 1. The summed E-state index contributed by atoms with van der Waals surface area (Å²) in [5.41, 5.74) is 0. The van der Waals surface area contributed by atoms with Gasteiger partial charge in [-0.25, -0.2) is 9.97 Å². The van der Waals surface area contributed by atoms with Crippen LogP contribution in [0.4, 0.5) is 5.82 Å². The molecule has 2 heterocycles. The lowest BCUT2D eigenvalue weighted by atomic mass is 9.93. The maximum atomic E-state index is 5.42. The van der Waals surface area contributed by atoms with E-state index in [1.807, 2.05) is 6.07 Å². The van der Waals surface area contributed by atoms with Crippen LogP contribution in [-0.4, -0.2) is 29.2 Å². The standard InChI is InChI=1S/C14H20BrN3O/c1-9(10-4-6-19-7-5-10)16-13-8-12(15)17-14(18-13)11-2-3-11/h8-11H,2-7H2,1H3,(H,16,17,18). The van der Waals surface area contributed by atoms with Crippen LogP contribution in [0.15, 0.2) is 10.7 Å². The minimum atomic E-state index is 0.428. The lowest BCUT2D eigenvalue weighted by Crippen LogP contribution is -2.31. The van der Waals surface area contributed by atoms with Gasteiger partial charge in [0.1, 0.15) is 16.2 Å². The Balaban J connectivity index is 1.67. The number of halogens is 1. The first-order valence-corrected chi connectivity index (χ1v) is 7.90. The van der Waals surface area contributed by atoms with Gasteiger partial charge in [-0.05, 0) is 54.5 Å². The second-order valence-electron chi connectivity index (χ2n) is 5.59. The monoisotopic (exact) mass is 325 g/mol. The van der Waals surface area contributed by atoms with Crippen LogP contribution < -0.4 is 5.32 Å². The number of anilines is 1. The molecule has 1 atom stereocenters. The molecule has 2 fully saturated rings. The molecule has 3 rings (SSSR count). The van der Waals surface area contributed by atoms with E-state index in [-0.39, 0.29) is 0 Å². The molecule has 1 aliphatic carbocycles. The number of rotatable bonds is 4. The largest absolute Gasteiger partial charge is 0.381 e. The summed E-state index contributed by atoms with van der Waals surface area (Å²) in [6, 6.07) is 2.40. The van der Waals surface area contributed by atoms with E-state index >= 15 is 0 Å². The number of ether oxygens (including phenoxy) is 1. The van der Waals surface area contributed by atoms with Gasteiger partial charge in [0.05, 0.1) is 0 Å². The van der Waals surface area contributed by atoms with Crippen molar-refractivity contribution < 1.29 is 4.74 Å². The van der Waals surface area contributed by atoms with Crippen LogP contribution in [0.1, 0.15) is 44.3 Å². The first kappa shape index (κ1) is 13.3. The zero-order valence-corrected chi connectivity index (χ0v) is 12.8. The summed E-state index contributed by atoms with van der Waals surface area (Å²) in [5, 5.41) is 3.54.